The summed E-state index contributed by atoms with van der Waals surface area (Å²) < 4.78 is 5.63. The SMILES string of the molecule is CCOc1cc(N2C=NC=CN2)c2ccccc2c1. The van der Waals surface area contributed by atoms with Crippen LogP contribution in [0.25, 0.3) is 10.8 Å². The van der Waals surface area contributed by atoms with E-state index in [9.17, 15) is 0 Å². The second-order valence-corrected chi connectivity index (χ2v) is 4.18. The highest BCUT2D eigenvalue weighted by Crippen LogP contribution is 2.31. The van der Waals surface area contributed by atoms with Crippen LogP contribution in [0.15, 0.2) is 53.8 Å². The Morgan fingerprint density at radius 1 is 1.26 bits per heavy atom. The van der Waals surface area contributed by atoms with Crippen LogP contribution in [-0.2, 0) is 0 Å². The van der Waals surface area contributed by atoms with Gasteiger partial charge in [0.2, 0.25) is 0 Å². The van der Waals surface area contributed by atoms with Gasteiger partial charge in [0.25, 0.3) is 0 Å². The maximum absolute atomic E-state index is 5.63. The molecule has 0 amide bonds. The van der Waals surface area contributed by atoms with E-state index in [1.807, 2.05) is 30.1 Å². The zero-order chi connectivity index (χ0) is 13.1. The maximum Gasteiger partial charge on any atom is 0.122 e. The summed E-state index contributed by atoms with van der Waals surface area (Å²) in [5.41, 5.74) is 4.17. The second-order valence-electron chi connectivity index (χ2n) is 4.18. The third kappa shape index (κ3) is 2.25. The van der Waals surface area contributed by atoms with Crippen molar-refractivity contribution in [2.75, 3.05) is 11.6 Å². The smallest absolute Gasteiger partial charge is 0.122 e. The van der Waals surface area contributed by atoms with Gasteiger partial charge in [-0.15, -0.1) is 0 Å². The van der Waals surface area contributed by atoms with Gasteiger partial charge >= 0.3 is 0 Å². The van der Waals surface area contributed by atoms with Gasteiger partial charge < -0.3 is 4.74 Å². The fraction of sp³-hybridized carbons (Fsp3) is 0.133. The Kier molecular flexibility index (Phi) is 3.06. The van der Waals surface area contributed by atoms with Crippen molar-refractivity contribution in [1.82, 2.24) is 5.43 Å². The van der Waals surface area contributed by atoms with Crippen LogP contribution < -0.4 is 15.2 Å². The van der Waals surface area contributed by atoms with Gasteiger partial charge in [-0.25, -0.2) is 10.0 Å². The average molecular weight is 253 g/mol. The molecule has 0 spiro atoms. The van der Waals surface area contributed by atoms with Crippen LogP contribution in [0.5, 0.6) is 5.75 Å². The number of anilines is 1. The van der Waals surface area contributed by atoms with Gasteiger partial charge in [0, 0.05) is 23.9 Å². The third-order valence-corrected chi connectivity index (χ3v) is 2.94. The summed E-state index contributed by atoms with van der Waals surface area (Å²) in [4.78, 5) is 4.13. The van der Waals surface area contributed by atoms with E-state index in [4.69, 9.17) is 4.74 Å². The van der Waals surface area contributed by atoms with Crippen molar-refractivity contribution in [3.05, 3.63) is 48.8 Å². The van der Waals surface area contributed by atoms with Crippen molar-refractivity contribution < 1.29 is 4.74 Å². The van der Waals surface area contributed by atoms with Crippen molar-refractivity contribution in [3.8, 4) is 5.75 Å². The molecule has 0 saturated heterocycles. The third-order valence-electron chi connectivity index (χ3n) is 2.94. The Morgan fingerprint density at radius 3 is 2.95 bits per heavy atom. The van der Waals surface area contributed by atoms with E-state index in [2.05, 4.69) is 28.6 Å². The Labute approximate surface area is 112 Å². The number of hydrogen-bond donors (Lipinski definition) is 1. The van der Waals surface area contributed by atoms with Crippen LogP contribution in [0.4, 0.5) is 5.69 Å². The maximum atomic E-state index is 5.63. The lowest BCUT2D eigenvalue weighted by Crippen LogP contribution is -2.34. The number of ether oxygens (including phenoxy) is 1. The molecule has 96 valence electrons. The number of fused-ring (bicyclic) bond motifs is 1. The molecule has 1 N–H and O–H groups in total. The summed E-state index contributed by atoms with van der Waals surface area (Å²) in [5, 5.41) is 4.18. The Morgan fingerprint density at radius 2 is 2.16 bits per heavy atom. The molecular formula is C15H15N3O. The molecule has 3 rings (SSSR count). The fourth-order valence-corrected chi connectivity index (χ4v) is 2.14. The van der Waals surface area contributed by atoms with Gasteiger partial charge in [0.05, 0.1) is 12.3 Å². The molecule has 19 heavy (non-hydrogen) atoms. The lowest BCUT2D eigenvalue weighted by molar-refractivity contribution is 0.341. The predicted octanol–water partition coefficient (Wildman–Crippen LogP) is 3.06. The van der Waals surface area contributed by atoms with Crippen molar-refractivity contribution in [2.24, 2.45) is 4.99 Å². The van der Waals surface area contributed by atoms with E-state index in [0.29, 0.717) is 6.61 Å². The largest absolute Gasteiger partial charge is 0.494 e. The van der Waals surface area contributed by atoms with Gasteiger partial charge in [0.15, 0.2) is 0 Å². The van der Waals surface area contributed by atoms with Gasteiger partial charge in [-0.05, 0) is 18.4 Å². The molecule has 2 aromatic carbocycles. The fourth-order valence-electron chi connectivity index (χ4n) is 2.14. The highest BCUT2D eigenvalue weighted by atomic mass is 16.5. The highest BCUT2D eigenvalue weighted by Gasteiger charge is 2.11. The monoisotopic (exact) mass is 253 g/mol. The van der Waals surface area contributed by atoms with Gasteiger partial charge in [-0.1, -0.05) is 24.3 Å². The summed E-state index contributed by atoms with van der Waals surface area (Å²) in [7, 11) is 0. The van der Waals surface area contributed by atoms with E-state index >= 15 is 0 Å². The molecule has 0 aliphatic carbocycles. The standard InChI is InChI=1S/C15H15N3O/c1-2-19-13-9-12-5-3-4-6-14(12)15(10-13)18-11-16-7-8-17-18/h3-11,17H,2H2,1H3. The molecule has 2 aromatic rings. The molecule has 4 nitrogen and oxygen atoms in total. The summed E-state index contributed by atoms with van der Waals surface area (Å²) in [5.74, 6) is 0.862. The number of aliphatic imine (C=N–C) groups is 1. The molecule has 0 fully saturated rings. The number of nitrogens with one attached hydrogen (secondary N) is 1. The predicted molar refractivity (Wildman–Crippen MR) is 78.4 cm³/mol. The van der Waals surface area contributed by atoms with E-state index in [1.165, 1.54) is 0 Å². The van der Waals surface area contributed by atoms with Crippen LogP contribution in [-0.4, -0.2) is 12.9 Å². The Bertz CT molecular complexity index is 649. The minimum atomic E-state index is 0.652. The topological polar surface area (TPSA) is 36.9 Å². The van der Waals surface area contributed by atoms with E-state index in [-0.39, 0.29) is 0 Å². The van der Waals surface area contributed by atoms with Crippen LogP contribution in [0.2, 0.25) is 0 Å². The summed E-state index contributed by atoms with van der Waals surface area (Å²) in [6.45, 7) is 2.64. The number of benzene rings is 2. The molecule has 0 unspecified atom stereocenters. The van der Waals surface area contributed by atoms with Crippen LogP contribution >= 0.6 is 0 Å². The molecule has 0 bridgehead atoms. The first-order valence-corrected chi connectivity index (χ1v) is 6.28. The molecule has 1 aliphatic rings. The lowest BCUT2D eigenvalue weighted by Gasteiger charge is -2.23. The molecular weight excluding hydrogens is 238 g/mol. The van der Waals surface area contributed by atoms with Crippen LogP contribution in [0.3, 0.4) is 0 Å². The number of rotatable bonds is 3. The summed E-state index contributed by atoms with van der Waals surface area (Å²) in [6.07, 6.45) is 5.25. The van der Waals surface area contributed by atoms with Crippen molar-refractivity contribution >= 4 is 22.8 Å². The first-order chi connectivity index (χ1) is 9.38. The average Bonchev–Trinajstić information content (AvgIpc) is 2.48. The van der Waals surface area contributed by atoms with Gasteiger partial charge in [-0.2, -0.15) is 0 Å². The highest BCUT2D eigenvalue weighted by molar-refractivity contribution is 6.00. The van der Waals surface area contributed by atoms with Crippen LogP contribution in [0, 0.1) is 0 Å². The molecule has 1 heterocycles. The first-order valence-electron chi connectivity index (χ1n) is 6.28. The zero-order valence-corrected chi connectivity index (χ0v) is 10.7. The minimum absolute atomic E-state index is 0.652. The summed E-state index contributed by atoms with van der Waals surface area (Å²) >= 11 is 0. The summed E-state index contributed by atoms with van der Waals surface area (Å²) in [6, 6.07) is 12.3. The van der Waals surface area contributed by atoms with Crippen molar-refractivity contribution in [3.63, 3.8) is 0 Å². The van der Waals surface area contributed by atoms with Crippen molar-refractivity contribution in [1.29, 1.82) is 0 Å². The number of hydrazine groups is 1. The second kappa shape index (κ2) is 5.02. The molecule has 0 saturated carbocycles. The molecule has 0 aromatic heterocycles. The van der Waals surface area contributed by atoms with E-state index in [1.54, 1.807) is 18.7 Å². The zero-order valence-electron chi connectivity index (χ0n) is 10.7. The number of nitrogens with zero attached hydrogens (tertiary/aromatic N) is 2. The van der Waals surface area contributed by atoms with Gasteiger partial charge in [-0.3, -0.25) is 5.43 Å². The molecule has 0 radical (unpaired) electrons. The molecule has 0 atom stereocenters. The lowest BCUT2D eigenvalue weighted by atomic mass is 10.1. The molecule has 4 heteroatoms. The van der Waals surface area contributed by atoms with E-state index in [0.717, 1.165) is 22.2 Å². The Hall–Kier alpha value is -2.49. The molecule has 1 aliphatic heterocycles. The van der Waals surface area contributed by atoms with Crippen LogP contribution in [0.1, 0.15) is 6.92 Å². The van der Waals surface area contributed by atoms with Crippen molar-refractivity contribution in [2.45, 2.75) is 6.92 Å². The minimum Gasteiger partial charge on any atom is -0.494 e. The normalized spacial score (nSPS) is 13.6. The van der Waals surface area contributed by atoms with E-state index < -0.39 is 0 Å². The Balaban J connectivity index is 2.14. The quantitative estimate of drug-likeness (QED) is 0.913. The number of hydrogen-bond acceptors (Lipinski definition) is 4. The van der Waals surface area contributed by atoms with Gasteiger partial charge in [0.1, 0.15) is 12.1 Å². The first kappa shape index (κ1) is 11.6.